The fraction of sp³-hybridized carbons (Fsp3) is 0.812. The highest BCUT2D eigenvalue weighted by atomic mass is 35.5. The summed E-state index contributed by atoms with van der Waals surface area (Å²) in [5.74, 6) is 0.0831. The molecule has 4 saturated carbocycles. The normalized spacial score (nSPS) is 45.5. The van der Waals surface area contributed by atoms with Crippen LogP contribution in [0.2, 0.25) is 0 Å². The first-order valence-corrected chi connectivity index (χ1v) is 16.3. The minimum Gasteiger partial charge on any atom is -0.402 e. The summed E-state index contributed by atoms with van der Waals surface area (Å²) in [6, 6.07) is 0. The SMILES string of the molecule is CC1=C(N)C[C@]23[C@H](C1=O)C(C)(C)CCC[C@@]2(C)C3(Cl)Cl.CC1=C(N)C[C@]23[C@H](C1=O)C(C)(C)CCC[C@@]2(C)C3(Cl)Cl. The average molecular weight is 633 g/mol. The minimum atomic E-state index is -0.844. The molecule has 0 aromatic carbocycles. The Morgan fingerprint density at radius 2 is 0.900 bits per heavy atom. The van der Waals surface area contributed by atoms with Crippen molar-refractivity contribution in [3.63, 3.8) is 0 Å². The van der Waals surface area contributed by atoms with Gasteiger partial charge in [-0.3, -0.25) is 9.59 Å². The summed E-state index contributed by atoms with van der Waals surface area (Å²) in [4.78, 5) is 25.9. The van der Waals surface area contributed by atoms with Crippen molar-refractivity contribution in [2.24, 2.45) is 55.8 Å². The van der Waals surface area contributed by atoms with Crippen LogP contribution in [-0.4, -0.2) is 20.2 Å². The number of hydrogen-bond donors (Lipinski definition) is 2. The van der Waals surface area contributed by atoms with Crippen molar-refractivity contribution in [3.8, 4) is 0 Å². The van der Waals surface area contributed by atoms with Crippen LogP contribution in [0.25, 0.3) is 0 Å². The molecular formula is C32H46Cl4N2O2. The number of ketones is 2. The van der Waals surface area contributed by atoms with Crippen LogP contribution < -0.4 is 11.5 Å². The topological polar surface area (TPSA) is 86.2 Å². The summed E-state index contributed by atoms with van der Waals surface area (Å²) in [5.41, 5.74) is 13.7. The molecule has 4 fully saturated rings. The summed E-state index contributed by atoms with van der Waals surface area (Å²) in [6.07, 6.45) is 7.46. The van der Waals surface area contributed by atoms with Gasteiger partial charge in [-0.1, -0.05) is 54.4 Å². The van der Waals surface area contributed by atoms with Crippen LogP contribution in [-0.2, 0) is 9.59 Å². The molecular weight excluding hydrogens is 586 g/mol. The third-order valence-electron chi connectivity index (χ3n) is 13.1. The fourth-order valence-corrected chi connectivity index (χ4v) is 12.8. The third kappa shape index (κ3) is 3.29. The lowest BCUT2D eigenvalue weighted by molar-refractivity contribution is -0.128. The van der Waals surface area contributed by atoms with Gasteiger partial charge in [0.05, 0.1) is 0 Å². The van der Waals surface area contributed by atoms with Gasteiger partial charge in [0.1, 0.15) is 8.67 Å². The van der Waals surface area contributed by atoms with Crippen LogP contribution in [0.15, 0.2) is 22.5 Å². The molecule has 0 saturated heterocycles. The molecule has 6 atom stereocenters. The number of Topliss-reactive ketones (excluding diaryl/α,β-unsaturated/α-hetero) is 2. The first kappa shape index (κ1) is 31.0. The second-order valence-electron chi connectivity index (χ2n) is 15.7. The van der Waals surface area contributed by atoms with Gasteiger partial charge in [0.15, 0.2) is 11.6 Å². The summed E-state index contributed by atoms with van der Waals surface area (Å²) < 4.78 is -1.69. The molecule has 0 radical (unpaired) electrons. The summed E-state index contributed by atoms with van der Waals surface area (Å²) in [6.45, 7) is 16.7. The van der Waals surface area contributed by atoms with Crippen LogP contribution in [0.3, 0.4) is 0 Å². The molecule has 0 aromatic heterocycles. The zero-order chi connectivity index (χ0) is 30.3. The van der Waals surface area contributed by atoms with Crippen molar-refractivity contribution >= 4 is 58.0 Å². The average Bonchev–Trinajstić information content (AvgIpc) is 3.41. The van der Waals surface area contributed by atoms with E-state index < -0.39 is 8.67 Å². The van der Waals surface area contributed by atoms with E-state index in [0.717, 1.165) is 38.5 Å². The molecule has 0 unspecified atom stereocenters. The lowest BCUT2D eigenvalue weighted by Gasteiger charge is -2.43. The van der Waals surface area contributed by atoms with E-state index in [4.69, 9.17) is 57.9 Å². The first-order chi connectivity index (χ1) is 18.1. The molecule has 0 heterocycles. The van der Waals surface area contributed by atoms with Gasteiger partial charge in [0.2, 0.25) is 0 Å². The predicted octanol–water partition coefficient (Wildman–Crippen LogP) is 8.40. The molecule has 4 nitrogen and oxygen atoms in total. The van der Waals surface area contributed by atoms with Crippen molar-refractivity contribution in [3.05, 3.63) is 22.5 Å². The molecule has 0 aliphatic heterocycles. The van der Waals surface area contributed by atoms with E-state index >= 15 is 0 Å². The molecule has 6 aliphatic rings. The highest BCUT2D eigenvalue weighted by molar-refractivity contribution is 6.53. The largest absolute Gasteiger partial charge is 0.402 e. The van der Waals surface area contributed by atoms with Gasteiger partial charge in [-0.2, -0.15) is 0 Å². The third-order valence-corrected chi connectivity index (χ3v) is 16.1. The number of nitrogens with two attached hydrogens (primary N) is 2. The molecule has 224 valence electrons. The van der Waals surface area contributed by atoms with E-state index in [1.54, 1.807) is 0 Å². The predicted molar refractivity (Wildman–Crippen MR) is 165 cm³/mol. The van der Waals surface area contributed by atoms with Crippen molar-refractivity contribution < 1.29 is 9.59 Å². The van der Waals surface area contributed by atoms with E-state index in [1.807, 2.05) is 13.8 Å². The molecule has 0 aromatic rings. The Morgan fingerprint density at radius 1 is 0.600 bits per heavy atom. The number of alkyl halides is 4. The maximum Gasteiger partial charge on any atom is 0.164 e. The first-order valence-electron chi connectivity index (χ1n) is 14.8. The molecule has 40 heavy (non-hydrogen) atoms. The van der Waals surface area contributed by atoms with Gasteiger partial charge in [-0.15, -0.1) is 46.4 Å². The van der Waals surface area contributed by atoms with Gasteiger partial charge in [0.25, 0.3) is 0 Å². The number of carbonyl (C=O) groups is 2. The fourth-order valence-electron chi connectivity index (χ4n) is 10.3. The molecule has 6 aliphatic carbocycles. The van der Waals surface area contributed by atoms with Crippen LogP contribution in [0.5, 0.6) is 0 Å². The standard InChI is InChI=1S/2C16H23Cl2NO/c2*1-9-10(19)8-15-12(11(9)20)13(2,3)6-5-7-14(15,4)16(15,17)18/h2*12H,5-8,19H2,1-4H3/t2*12-,14-,15+/m11/s1. The Balaban J connectivity index is 0.000000161. The zero-order valence-corrected chi connectivity index (χ0v) is 28.3. The second-order valence-corrected chi connectivity index (χ2v) is 18.3. The number of carbonyl (C=O) groups excluding carboxylic acids is 2. The Hall–Kier alpha value is -0.420. The van der Waals surface area contributed by atoms with E-state index in [9.17, 15) is 9.59 Å². The Kier molecular flexibility index (Phi) is 6.67. The van der Waals surface area contributed by atoms with Crippen LogP contribution >= 0.6 is 46.4 Å². The van der Waals surface area contributed by atoms with Crippen LogP contribution in [0.4, 0.5) is 0 Å². The summed E-state index contributed by atoms with van der Waals surface area (Å²) in [5, 5.41) is 0. The van der Waals surface area contributed by atoms with E-state index in [1.165, 1.54) is 0 Å². The molecule has 4 N–H and O–H groups in total. The summed E-state index contributed by atoms with van der Waals surface area (Å²) >= 11 is 26.9. The highest BCUT2D eigenvalue weighted by Crippen LogP contribution is 2.88. The number of halogens is 4. The van der Waals surface area contributed by atoms with E-state index in [0.29, 0.717) is 35.4 Å². The number of allylic oxidation sites excluding steroid dienone is 4. The van der Waals surface area contributed by atoms with Crippen molar-refractivity contribution in [2.45, 2.75) is 115 Å². The lowest BCUT2D eigenvalue weighted by Crippen LogP contribution is -2.45. The minimum absolute atomic E-state index is 0.0810. The smallest absolute Gasteiger partial charge is 0.164 e. The van der Waals surface area contributed by atoms with Gasteiger partial charge in [-0.25, -0.2) is 0 Å². The van der Waals surface area contributed by atoms with Crippen molar-refractivity contribution in [1.29, 1.82) is 0 Å². The lowest BCUT2D eigenvalue weighted by atomic mass is 9.60. The molecule has 8 heteroatoms. The van der Waals surface area contributed by atoms with Gasteiger partial charge < -0.3 is 11.5 Å². The molecule has 6 rings (SSSR count). The molecule has 0 bridgehead atoms. The van der Waals surface area contributed by atoms with Crippen molar-refractivity contribution in [1.82, 2.24) is 0 Å². The van der Waals surface area contributed by atoms with Crippen LogP contribution in [0, 0.1) is 44.3 Å². The number of rotatable bonds is 0. The highest BCUT2D eigenvalue weighted by Gasteiger charge is 2.89. The van der Waals surface area contributed by atoms with Gasteiger partial charge in [0, 0.05) is 56.0 Å². The molecule has 0 amide bonds. The van der Waals surface area contributed by atoms with E-state index in [2.05, 4.69) is 41.5 Å². The monoisotopic (exact) mass is 630 g/mol. The van der Waals surface area contributed by atoms with Gasteiger partial charge in [-0.05, 0) is 63.2 Å². The Labute approximate surface area is 260 Å². The van der Waals surface area contributed by atoms with E-state index in [-0.39, 0.29) is 55.9 Å². The quantitative estimate of drug-likeness (QED) is 0.263. The van der Waals surface area contributed by atoms with Crippen LogP contribution in [0.1, 0.15) is 107 Å². The zero-order valence-electron chi connectivity index (χ0n) is 25.3. The number of hydrogen-bond acceptors (Lipinski definition) is 4. The Morgan fingerprint density at radius 3 is 1.20 bits per heavy atom. The maximum absolute atomic E-state index is 12.9. The maximum atomic E-state index is 12.9. The van der Waals surface area contributed by atoms with Gasteiger partial charge >= 0.3 is 0 Å². The second kappa shape index (κ2) is 8.60. The Bertz CT molecular complexity index is 1170. The summed E-state index contributed by atoms with van der Waals surface area (Å²) in [7, 11) is 0. The molecule has 2 spiro atoms. The van der Waals surface area contributed by atoms with Crippen molar-refractivity contribution in [2.75, 3.05) is 0 Å².